The van der Waals surface area contributed by atoms with Crippen molar-refractivity contribution in [2.24, 2.45) is 0 Å². The molecule has 0 heterocycles. The summed E-state index contributed by atoms with van der Waals surface area (Å²) in [6.45, 7) is 4.02. The Balaban J connectivity index is 2.76. The SMILES string of the molecule is CCCCC/C(C)=C/S(=O)(=O)c1ccccc1. The van der Waals surface area contributed by atoms with Crippen LogP contribution in [0, 0.1) is 0 Å². The maximum atomic E-state index is 12.0. The van der Waals surface area contributed by atoms with Gasteiger partial charge in [-0.1, -0.05) is 43.5 Å². The van der Waals surface area contributed by atoms with Crippen molar-refractivity contribution in [3.8, 4) is 0 Å². The van der Waals surface area contributed by atoms with Crippen LogP contribution in [0.15, 0.2) is 46.2 Å². The van der Waals surface area contributed by atoms with Crippen LogP contribution in [0.4, 0.5) is 0 Å². The van der Waals surface area contributed by atoms with Gasteiger partial charge in [-0.3, -0.25) is 0 Å². The van der Waals surface area contributed by atoms with Gasteiger partial charge in [0, 0.05) is 5.41 Å². The summed E-state index contributed by atoms with van der Waals surface area (Å²) in [4.78, 5) is 0.370. The molecule has 0 unspecified atom stereocenters. The molecule has 1 aromatic carbocycles. The van der Waals surface area contributed by atoms with Gasteiger partial charge in [0.2, 0.25) is 0 Å². The molecule has 94 valence electrons. The molecule has 0 aliphatic rings. The van der Waals surface area contributed by atoms with Crippen molar-refractivity contribution in [3.63, 3.8) is 0 Å². The molecular formula is C14H20O2S. The fourth-order valence-corrected chi connectivity index (χ4v) is 2.98. The highest BCUT2D eigenvalue weighted by atomic mass is 32.2. The fourth-order valence-electron chi connectivity index (χ4n) is 1.66. The summed E-state index contributed by atoms with van der Waals surface area (Å²) in [5.41, 5.74) is 0.933. The first-order valence-corrected chi connectivity index (χ1v) is 7.58. The summed E-state index contributed by atoms with van der Waals surface area (Å²) < 4.78 is 24.0. The molecule has 0 N–H and O–H groups in total. The Morgan fingerprint density at radius 3 is 2.41 bits per heavy atom. The van der Waals surface area contributed by atoms with E-state index in [2.05, 4.69) is 6.92 Å². The van der Waals surface area contributed by atoms with Crippen LogP contribution in [0.5, 0.6) is 0 Å². The molecule has 0 atom stereocenters. The molecule has 0 aromatic heterocycles. The topological polar surface area (TPSA) is 34.1 Å². The third-order valence-electron chi connectivity index (χ3n) is 2.60. The first kappa shape index (κ1) is 14.0. The van der Waals surface area contributed by atoms with E-state index in [-0.39, 0.29) is 0 Å². The van der Waals surface area contributed by atoms with Crippen LogP contribution in [-0.4, -0.2) is 8.42 Å². The minimum atomic E-state index is -3.26. The van der Waals surface area contributed by atoms with Crippen LogP contribution in [0.3, 0.4) is 0 Å². The minimum Gasteiger partial charge on any atom is -0.219 e. The van der Waals surface area contributed by atoms with Crippen LogP contribution < -0.4 is 0 Å². The number of unbranched alkanes of at least 4 members (excludes halogenated alkanes) is 2. The Kier molecular flexibility index (Phi) is 5.42. The molecule has 0 saturated carbocycles. The van der Waals surface area contributed by atoms with E-state index >= 15 is 0 Å². The zero-order chi connectivity index (χ0) is 12.7. The molecule has 0 saturated heterocycles. The zero-order valence-electron chi connectivity index (χ0n) is 10.5. The van der Waals surface area contributed by atoms with E-state index in [1.54, 1.807) is 24.3 Å². The molecule has 0 aliphatic heterocycles. The molecule has 0 radical (unpaired) electrons. The molecule has 2 nitrogen and oxygen atoms in total. The van der Waals surface area contributed by atoms with Crippen LogP contribution in [0.1, 0.15) is 39.5 Å². The van der Waals surface area contributed by atoms with Gasteiger partial charge in [0.25, 0.3) is 0 Å². The molecule has 1 rings (SSSR count). The molecule has 3 heteroatoms. The Bertz CT molecular complexity index is 458. The second kappa shape index (κ2) is 6.60. The predicted octanol–water partition coefficient (Wildman–Crippen LogP) is 3.94. The first-order chi connectivity index (χ1) is 8.06. The summed E-state index contributed by atoms with van der Waals surface area (Å²) >= 11 is 0. The predicted molar refractivity (Wildman–Crippen MR) is 71.5 cm³/mol. The third kappa shape index (κ3) is 4.73. The van der Waals surface area contributed by atoms with Gasteiger partial charge >= 0.3 is 0 Å². The molecule has 0 amide bonds. The van der Waals surface area contributed by atoms with E-state index in [0.717, 1.165) is 31.3 Å². The number of sulfone groups is 1. The summed E-state index contributed by atoms with van der Waals surface area (Å²) in [5, 5.41) is 1.40. The van der Waals surface area contributed by atoms with Crippen molar-refractivity contribution in [2.75, 3.05) is 0 Å². The smallest absolute Gasteiger partial charge is 0.199 e. The zero-order valence-corrected chi connectivity index (χ0v) is 11.3. The van der Waals surface area contributed by atoms with Crippen molar-refractivity contribution in [1.82, 2.24) is 0 Å². The van der Waals surface area contributed by atoms with Gasteiger partial charge in [0.05, 0.1) is 4.90 Å². The highest BCUT2D eigenvalue weighted by Crippen LogP contribution is 2.16. The van der Waals surface area contributed by atoms with Crippen molar-refractivity contribution >= 4 is 9.84 Å². The van der Waals surface area contributed by atoms with Crippen molar-refractivity contribution in [2.45, 2.75) is 44.4 Å². The second-order valence-corrected chi connectivity index (χ2v) is 6.08. The van der Waals surface area contributed by atoms with Crippen LogP contribution >= 0.6 is 0 Å². The lowest BCUT2D eigenvalue weighted by atomic mass is 10.1. The van der Waals surface area contributed by atoms with E-state index in [4.69, 9.17) is 0 Å². The van der Waals surface area contributed by atoms with E-state index in [0.29, 0.717) is 4.90 Å². The standard InChI is InChI=1S/C14H20O2S/c1-3-4-6-9-13(2)12-17(15,16)14-10-7-5-8-11-14/h5,7-8,10-12H,3-4,6,9H2,1-2H3/b13-12+. The number of rotatable bonds is 6. The van der Waals surface area contributed by atoms with Crippen LogP contribution in [0.25, 0.3) is 0 Å². The normalized spacial score (nSPS) is 12.7. The first-order valence-electron chi connectivity index (χ1n) is 6.03. The lowest BCUT2D eigenvalue weighted by Crippen LogP contribution is -1.97. The Hall–Kier alpha value is -1.09. The van der Waals surface area contributed by atoms with Gasteiger partial charge in [0.1, 0.15) is 0 Å². The number of hydrogen-bond acceptors (Lipinski definition) is 2. The Morgan fingerprint density at radius 2 is 1.82 bits per heavy atom. The second-order valence-electron chi connectivity index (χ2n) is 4.28. The van der Waals surface area contributed by atoms with Gasteiger partial charge in [0.15, 0.2) is 9.84 Å². The largest absolute Gasteiger partial charge is 0.219 e. The van der Waals surface area contributed by atoms with Crippen LogP contribution in [-0.2, 0) is 9.84 Å². The highest BCUT2D eigenvalue weighted by molar-refractivity contribution is 7.94. The third-order valence-corrected chi connectivity index (χ3v) is 4.24. The monoisotopic (exact) mass is 252 g/mol. The fraction of sp³-hybridized carbons (Fsp3) is 0.429. The minimum absolute atomic E-state index is 0.370. The van der Waals surface area contributed by atoms with Gasteiger partial charge in [-0.05, 0) is 31.9 Å². The number of benzene rings is 1. The molecular weight excluding hydrogens is 232 g/mol. The van der Waals surface area contributed by atoms with Crippen LogP contribution in [0.2, 0.25) is 0 Å². The molecule has 0 aliphatic carbocycles. The maximum absolute atomic E-state index is 12.0. The summed E-state index contributed by atoms with van der Waals surface area (Å²) in [7, 11) is -3.26. The number of hydrogen-bond donors (Lipinski definition) is 0. The number of allylic oxidation sites excluding steroid dienone is 1. The molecule has 1 aromatic rings. The average molecular weight is 252 g/mol. The van der Waals surface area contributed by atoms with E-state index < -0.39 is 9.84 Å². The Morgan fingerprint density at radius 1 is 1.18 bits per heavy atom. The van der Waals surface area contributed by atoms with E-state index in [9.17, 15) is 8.42 Å². The Labute approximate surface area is 104 Å². The molecule has 0 fully saturated rings. The van der Waals surface area contributed by atoms with Gasteiger partial charge < -0.3 is 0 Å². The van der Waals surface area contributed by atoms with Crippen molar-refractivity contribution in [3.05, 3.63) is 41.3 Å². The van der Waals surface area contributed by atoms with Crippen molar-refractivity contribution < 1.29 is 8.42 Å². The van der Waals surface area contributed by atoms with Gasteiger partial charge in [-0.2, -0.15) is 0 Å². The van der Waals surface area contributed by atoms with E-state index in [1.807, 2.05) is 13.0 Å². The molecule has 0 bridgehead atoms. The van der Waals surface area contributed by atoms with Gasteiger partial charge in [-0.25, -0.2) is 8.42 Å². The quantitative estimate of drug-likeness (QED) is 0.718. The van der Waals surface area contributed by atoms with Crippen molar-refractivity contribution in [1.29, 1.82) is 0 Å². The molecule has 17 heavy (non-hydrogen) atoms. The lowest BCUT2D eigenvalue weighted by molar-refractivity contribution is 0.604. The summed E-state index contributed by atoms with van der Waals surface area (Å²) in [5.74, 6) is 0. The lowest BCUT2D eigenvalue weighted by Gasteiger charge is -2.02. The van der Waals surface area contributed by atoms with Gasteiger partial charge in [-0.15, -0.1) is 0 Å². The highest BCUT2D eigenvalue weighted by Gasteiger charge is 2.10. The maximum Gasteiger partial charge on any atom is 0.199 e. The summed E-state index contributed by atoms with van der Waals surface area (Å²) in [6.07, 6.45) is 4.22. The molecule has 0 spiro atoms. The van der Waals surface area contributed by atoms with E-state index in [1.165, 1.54) is 5.41 Å². The summed E-state index contributed by atoms with van der Waals surface area (Å²) in [6, 6.07) is 8.56. The average Bonchev–Trinajstić information content (AvgIpc) is 2.30.